The van der Waals surface area contributed by atoms with Crippen LogP contribution in [0.4, 0.5) is 0 Å². The van der Waals surface area contributed by atoms with Crippen molar-refractivity contribution in [3.05, 3.63) is 35.9 Å². The van der Waals surface area contributed by atoms with Crippen LogP contribution in [-0.4, -0.2) is 30.5 Å². The molecule has 136 valence electrons. The van der Waals surface area contributed by atoms with E-state index in [4.69, 9.17) is 0 Å². The third-order valence-corrected chi connectivity index (χ3v) is 5.17. The number of sulfonamides is 1. The molecule has 2 N–H and O–H groups in total. The summed E-state index contributed by atoms with van der Waals surface area (Å²) in [5.41, 5.74) is 1.08. The number of carbonyl (C=O) groups is 1. The molecule has 0 heterocycles. The van der Waals surface area contributed by atoms with E-state index < -0.39 is 15.9 Å². The first-order chi connectivity index (χ1) is 11.3. The fourth-order valence-corrected chi connectivity index (χ4v) is 3.97. The Bertz CT molecular complexity index is 590. The van der Waals surface area contributed by atoms with E-state index in [2.05, 4.69) is 6.92 Å². The van der Waals surface area contributed by atoms with Crippen molar-refractivity contribution in [2.45, 2.75) is 52.4 Å². The van der Waals surface area contributed by atoms with Gasteiger partial charge in [0.25, 0.3) is 5.91 Å². The van der Waals surface area contributed by atoms with Gasteiger partial charge in [-0.3, -0.25) is 10.0 Å². The van der Waals surface area contributed by atoms with E-state index in [1.807, 2.05) is 35.2 Å². The van der Waals surface area contributed by atoms with Gasteiger partial charge in [0.1, 0.15) is 0 Å². The Kier molecular flexibility index (Phi) is 8.95. The van der Waals surface area contributed by atoms with E-state index in [9.17, 15) is 18.4 Å². The lowest BCUT2D eigenvalue weighted by Crippen LogP contribution is -2.44. The van der Waals surface area contributed by atoms with Crippen LogP contribution in [0.1, 0.15) is 51.5 Å². The summed E-state index contributed by atoms with van der Waals surface area (Å²) in [4.78, 5) is 12.9. The molecule has 6 nitrogen and oxygen atoms in total. The number of benzene rings is 1. The van der Waals surface area contributed by atoms with Crippen molar-refractivity contribution in [3.63, 3.8) is 0 Å². The monoisotopic (exact) mass is 356 g/mol. The topological polar surface area (TPSA) is 86.7 Å². The van der Waals surface area contributed by atoms with Crippen molar-refractivity contribution in [3.8, 4) is 0 Å². The molecular weight excluding hydrogens is 328 g/mol. The van der Waals surface area contributed by atoms with Gasteiger partial charge >= 0.3 is 0 Å². The first kappa shape index (κ1) is 20.6. The minimum atomic E-state index is -3.78. The fraction of sp³-hybridized carbons (Fsp3) is 0.588. The molecule has 0 bridgehead atoms. The second-order valence-electron chi connectivity index (χ2n) is 6.11. The quantitative estimate of drug-likeness (QED) is 0.363. The number of unbranched alkanes of at least 4 members (excludes halogenated alkanes) is 3. The number of hydroxylamine groups is 1. The summed E-state index contributed by atoms with van der Waals surface area (Å²) < 4.78 is 24.3. The van der Waals surface area contributed by atoms with Crippen molar-refractivity contribution >= 4 is 15.9 Å². The van der Waals surface area contributed by atoms with Gasteiger partial charge in [0.2, 0.25) is 10.0 Å². The molecule has 24 heavy (non-hydrogen) atoms. The van der Waals surface area contributed by atoms with Gasteiger partial charge in [0.15, 0.2) is 0 Å². The van der Waals surface area contributed by atoms with Crippen LogP contribution in [0, 0.1) is 5.92 Å². The number of rotatable bonds is 11. The van der Waals surface area contributed by atoms with Crippen molar-refractivity contribution < 1.29 is 18.4 Å². The van der Waals surface area contributed by atoms with Gasteiger partial charge in [-0.2, -0.15) is 0 Å². The molecule has 1 amide bonds. The Morgan fingerprint density at radius 1 is 1.21 bits per heavy atom. The lowest BCUT2D eigenvalue weighted by molar-refractivity contribution is -0.169. The number of amides is 1. The maximum atomic E-state index is 12.2. The molecule has 1 unspecified atom stereocenters. The van der Waals surface area contributed by atoms with Crippen LogP contribution in [0.5, 0.6) is 0 Å². The number of hydrazine groups is 1. The van der Waals surface area contributed by atoms with E-state index in [0.717, 1.165) is 44.6 Å². The van der Waals surface area contributed by atoms with Gasteiger partial charge in [-0.25, -0.2) is 8.42 Å². The second kappa shape index (κ2) is 10.4. The zero-order valence-corrected chi connectivity index (χ0v) is 15.3. The highest BCUT2D eigenvalue weighted by Crippen LogP contribution is 2.18. The van der Waals surface area contributed by atoms with Gasteiger partial charge in [0.05, 0.1) is 5.75 Å². The molecule has 0 spiro atoms. The molecular formula is C17H28N2O4S. The number of nitrogens with zero attached hydrogens (tertiary/aromatic N) is 1. The van der Waals surface area contributed by atoms with Gasteiger partial charge < -0.3 is 0 Å². The van der Waals surface area contributed by atoms with Crippen LogP contribution in [0.2, 0.25) is 0 Å². The number of nitrogens with one attached hydrogen (secondary N) is 1. The Hall–Kier alpha value is -1.44. The van der Waals surface area contributed by atoms with Gasteiger partial charge in [0, 0.05) is 6.92 Å². The molecule has 0 saturated heterocycles. The molecule has 1 rings (SSSR count). The minimum absolute atomic E-state index is 0.0198. The first-order valence-electron chi connectivity index (χ1n) is 8.37. The van der Waals surface area contributed by atoms with Crippen molar-refractivity contribution in [2.24, 2.45) is 5.92 Å². The van der Waals surface area contributed by atoms with E-state index in [-0.39, 0.29) is 16.8 Å². The van der Waals surface area contributed by atoms with E-state index in [1.54, 1.807) is 0 Å². The molecule has 1 atom stereocenters. The molecule has 0 aromatic heterocycles. The zero-order chi connectivity index (χ0) is 18.0. The average Bonchev–Trinajstić information content (AvgIpc) is 2.51. The van der Waals surface area contributed by atoms with Crippen LogP contribution in [0.3, 0.4) is 0 Å². The van der Waals surface area contributed by atoms with Crippen molar-refractivity contribution in [1.29, 1.82) is 0 Å². The van der Waals surface area contributed by atoms with E-state index >= 15 is 0 Å². The summed E-state index contributed by atoms with van der Waals surface area (Å²) in [6, 6.07) is 9.75. The van der Waals surface area contributed by atoms with Crippen LogP contribution >= 0.6 is 0 Å². The molecule has 0 aliphatic rings. The average molecular weight is 356 g/mol. The SMILES string of the molecule is CCCCCCC(Cc1ccccc1)CS(=O)(=O)NN(O)C(C)=O. The molecule has 1 aromatic carbocycles. The van der Waals surface area contributed by atoms with Crippen LogP contribution in [0.15, 0.2) is 30.3 Å². The van der Waals surface area contributed by atoms with Crippen LogP contribution in [0.25, 0.3) is 0 Å². The highest BCUT2D eigenvalue weighted by molar-refractivity contribution is 7.89. The summed E-state index contributed by atoms with van der Waals surface area (Å²) in [5.74, 6) is -0.971. The maximum Gasteiger partial charge on any atom is 0.259 e. The van der Waals surface area contributed by atoms with Crippen LogP contribution < -0.4 is 4.83 Å². The summed E-state index contributed by atoms with van der Waals surface area (Å²) in [6.07, 6.45) is 5.75. The third kappa shape index (κ3) is 8.42. The molecule has 0 radical (unpaired) electrons. The molecule has 7 heteroatoms. The lowest BCUT2D eigenvalue weighted by Gasteiger charge is -2.20. The Balaban J connectivity index is 2.70. The lowest BCUT2D eigenvalue weighted by atomic mass is 9.95. The van der Waals surface area contributed by atoms with Gasteiger partial charge in [-0.05, 0) is 24.3 Å². The summed E-state index contributed by atoms with van der Waals surface area (Å²) >= 11 is 0. The van der Waals surface area contributed by atoms with Gasteiger partial charge in [-0.15, -0.1) is 5.17 Å². The normalized spacial score (nSPS) is 12.8. The number of carbonyl (C=O) groups excluding carboxylic acids is 1. The number of hydrogen-bond acceptors (Lipinski definition) is 4. The second-order valence-corrected chi connectivity index (χ2v) is 7.85. The largest absolute Gasteiger partial charge is 0.271 e. The van der Waals surface area contributed by atoms with E-state index in [1.165, 1.54) is 0 Å². The van der Waals surface area contributed by atoms with Gasteiger partial charge in [-0.1, -0.05) is 67.8 Å². The van der Waals surface area contributed by atoms with Crippen molar-refractivity contribution in [2.75, 3.05) is 5.75 Å². The minimum Gasteiger partial charge on any atom is -0.271 e. The third-order valence-electron chi connectivity index (χ3n) is 3.81. The number of hydrogen-bond donors (Lipinski definition) is 2. The highest BCUT2D eigenvalue weighted by Gasteiger charge is 2.22. The van der Waals surface area contributed by atoms with Crippen molar-refractivity contribution in [1.82, 2.24) is 10.0 Å². The molecule has 0 saturated carbocycles. The van der Waals surface area contributed by atoms with Crippen LogP contribution in [-0.2, 0) is 21.2 Å². The summed E-state index contributed by atoms with van der Waals surface area (Å²) in [7, 11) is -3.78. The summed E-state index contributed by atoms with van der Waals surface area (Å²) in [6.45, 7) is 3.21. The highest BCUT2D eigenvalue weighted by atomic mass is 32.2. The predicted molar refractivity (Wildman–Crippen MR) is 93.6 cm³/mol. The molecule has 0 aliphatic heterocycles. The van der Waals surface area contributed by atoms with E-state index in [0.29, 0.717) is 6.42 Å². The summed E-state index contributed by atoms with van der Waals surface area (Å²) in [5, 5.41) is 9.32. The predicted octanol–water partition coefficient (Wildman–Crippen LogP) is 2.89. The first-order valence-corrected chi connectivity index (χ1v) is 10.0. The molecule has 0 fully saturated rings. The standard InChI is InChI=1S/C17H28N2O4S/c1-3-4-5-7-12-17(13-16-10-8-6-9-11-16)14-24(22,23)18-19(21)15(2)20/h6,8-11,17-18,21H,3-5,7,12-14H2,1-2H3. The molecule has 1 aromatic rings. The smallest absolute Gasteiger partial charge is 0.259 e. The maximum absolute atomic E-state index is 12.2. The molecule has 0 aliphatic carbocycles. The fourth-order valence-electron chi connectivity index (χ4n) is 2.60. The Labute approximate surface area is 144 Å². The Morgan fingerprint density at radius 3 is 2.46 bits per heavy atom. The Morgan fingerprint density at radius 2 is 1.88 bits per heavy atom. The zero-order valence-electron chi connectivity index (χ0n) is 14.4.